The molecule has 0 saturated carbocycles. The van der Waals surface area contributed by atoms with Gasteiger partial charge < -0.3 is 5.73 Å². The highest BCUT2D eigenvalue weighted by Gasteiger charge is 2.10. The molecule has 0 aliphatic carbocycles. The molecule has 0 saturated heterocycles. The van der Waals surface area contributed by atoms with Crippen molar-refractivity contribution >= 4 is 17.4 Å². The van der Waals surface area contributed by atoms with Crippen LogP contribution in [0.15, 0.2) is 24.3 Å². The number of thioether (sulfide) groups is 1. The monoisotopic (exact) mass is 238 g/mol. The molecule has 1 aromatic rings. The Kier molecular flexibility index (Phi) is 5.71. The van der Waals surface area contributed by atoms with E-state index in [0.717, 1.165) is 18.8 Å². The minimum atomic E-state index is 0.562. The van der Waals surface area contributed by atoms with Gasteiger partial charge in [-0.1, -0.05) is 18.2 Å². The van der Waals surface area contributed by atoms with Crippen LogP contribution in [0.1, 0.15) is 19.4 Å². The summed E-state index contributed by atoms with van der Waals surface area (Å²) in [6.45, 7) is 6.54. The maximum absolute atomic E-state index is 5.97. The minimum Gasteiger partial charge on any atom is -0.398 e. The second kappa shape index (κ2) is 6.81. The SMILES string of the molecule is CSCCN(Cc1ccccc1N)C(C)C. The molecule has 0 aliphatic heterocycles. The Bertz CT molecular complexity index is 313. The zero-order valence-corrected chi connectivity index (χ0v) is 11.3. The zero-order chi connectivity index (χ0) is 12.0. The van der Waals surface area contributed by atoms with Crippen molar-refractivity contribution in [3.8, 4) is 0 Å². The number of nitrogens with two attached hydrogens (primary N) is 1. The van der Waals surface area contributed by atoms with Crippen LogP contribution in [0, 0.1) is 0 Å². The van der Waals surface area contributed by atoms with Gasteiger partial charge in [0.25, 0.3) is 0 Å². The van der Waals surface area contributed by atoms with Gasteiger partial charge in [0.15, 0.2) is 0 Å². The molecule has 3 heteroatoms. The van der Waals surface area contributed by atoms with Crippen LogP contribution in [0.25, 0.3) is 0 Å². The molecular weight excluding hydrogens is 216 g/mol. The first-order valence-electron chi connectivity index (χ1n) is 5.71. The average molecular weight is 238 g/mol. The summed E-state index contributed by atoms with van der Waals surface area (Å²) in [5.41, 5.74) is 8.10. The first-order chi connectivity index (χ1) is 7.65. The standard InChI is InChI=1S/C13H22N2S/c1-11(2)15(8-9-16-3)10-12-6-4-5-7-13(12)14/h4-7,11H,8-10,14H2,1-3H3. The van der Waals surface area contributed by atoms with Gasteiger partial charge in [-0.3, -0.25) is 4.90 Å². The lowest BCUT2D eigenvalue weighted by Crippen LogP contribution is -2.32. The van der Waals surface area contributed by atoms with Crippen molar-refractivity contribution in [1.82, 2.24) is 4.90 Å². The van der Waals surface area contributed by atoms with E-state index in [1.165, 1.54) is 11.3 Å². The summed E-state index contributed by atoms with van der Waals surface area (Å²) < 4.78 is 0. The molecule has 0 bridgehead atoms. The molecule has 0 atom stereocenters. The Hall–Kier alpha value is -0.670. The van der Waals surface area contributed by atoms with Crippen LogP contribution in [0.5, 0.6) is 0 Å². The van der Waals surface area contributed by atoms with Crippen LogP contribution in [-0.4, -0.2) is 29.5 Å². The van der Waals surface area contributed by atoms with Gasteiger partial charge in [0.1, 0.15) is 0 Å². The Morgan fingerprint density at radius 1 is 1.31 bits per heavy atom. The highest BCUT2D eigenvalue weighted by molar-refractivity contribution is 7.98. The highest BCUT2D eigenvalue weighted by atomic mass is 32.2. The Labute approximate surface area is 103 Å². The van der Waals surface area contributed by atoms with E-state index in [1.807, 2.05) is 23.9 Å². The van der Waals surface area contributed by atoms with Crippen LogP contribution < -0.4 is 5.73 Å². The first kappa shape index (κ1) is 13.4. The average Bonchev–Trinajstić information content (AvgIpc) is 2.26. The van der Waals surface area contributed by atoms with Crippen LogP contribution in [0.2, 0.25) is 0 Å². The predicted octanol–water partition coefficient (Wildman–Crippen LogP) is 2.84. The number of para-hydroxylation sites is 1. The molecular formula is C13H22N2S. The molecule has 0 fully saturated rings. The third kappa shape index (κ3) is 4.06. The van der Waals surface area contributed by atoms with Crippen molar-refractivity contribution < 1.29 is 0 Å². The highest BCUT2D eigenvalue weighted by Crippen LogP contribution is 2.15. The van der Waals surface area contributed by atoms with E-state index in [1.54, 1.807) is 0 Å². The van der Waals surface area contributed by atoms with Crippen LogP contribution >= 0.6 is 11.8 Å². The van der Waals surface area contributed by atoms with Crippen molar-refractivity contribution in [3.05, 3.63) is 29.8 Å². The molecule has 0 unspecified atom stereocenters. The number of nitrogens with zero attached hydrogens (tertiary/aromatic N) is 1. The molecule has 0 aromatic heterocycles. The second-order valence-electron chi connectivity index (χ2n) is 4.26. The smallest absolute Gasteiger partial charge is 0.0359 e. The Morgan fingerprint density at radius 3 is 2.56 bits per heavy atom. The van der Waals surface area contributed by atoms with E-state index >= 15 is 0 Å². The number of benzene rings is 1. The summed E-state index contributed by atoms with van der Waals surface area (Å²) in [6, 6.07) is 8.69. The maximum Gasteiger partial charge on any atom is 0.0359 e. The van der Waals surface area contributed by atoms with Gasteiger partial charge in [0.05, 0.1) is 0 Å². The van der Waals surface area contributed by atoms with Crippen molar-refractivity contribution in [2.24, 2.45) is 0 Å². The van der Waals surface area contributed by atoms with Crippen LogP contribution in [0.4, 0.5) is 5.69 Å². The fraction of sp³-hybridized carbons (Fsp3) is 0.538. The minimum absolute atomic E-state index is 0.562. The molecule has 16 heavy (non-hydrogen) atoms. The number of hydrogen-bond donors (Lipinski definition) is 1. The number of anilines is 1. The molecule has 0 radical (unpaired) electrons. The summed E-state index contributed by atoms with van der Waals surface area (Å²) in [4.78, 5) is 2.46. The largest absolute Gasteiger partial charge is 0.398 e. The second-order valence-corrected chi connectivity index (χ2v) is 5.24. The van der Waals surface area contributed by atoms with Crippen LogP contribution in [-0.2, 0) is 6.54 Å². The number of rotatable bonds is 6. The van der Waals surface area contributed by atoms with E-state index in [-0.39, 0.29) is 0 Å². The molecule has 2 N–H and O–H groups in total. The van der Waals surface area contributed by atoms with E-state index < -0.39 is 0 Å². The topological polar surface area (TPSA) is 29.3 Å². The van der Waals surface area contributed by atoms with Crippen molar-refractivity contribution in [1.29, 1.82) is 0 Å². The van der Waals surface area contributed by atoms with Crippen molar-refractivity contribution in [3.63, 3.8) is 0 Å². The molecule has 0 heterocycles. The maximum atomic E-state index is 5.97. The molecule has 1 rings (SSSR count). The summed E-state index contributed by atoms with van der Waals surface area (Å²) in [7, 11) is 0. The van der Waals surface area contributed by atoms with Crippen LogP contribution in [0.3, 0.4) is 0 Å². The van der Waals surface area contributed by atoms with Crippen molar-refractivity contribution in [2.75, 3.05) is 24.3 Å². The first-order valence-corrected chi connectivity index (χ1v) is 7.11. The normalized spacial score (nSPS) is 11.3. The number of hydrogen-bond acceptors (Lipinski definition) is 3. The zero-order valence-electron chi connectivity index (χ0n) is 10.4. The van der Waals surface area contributed by atoms with E-state index in [4.69, 9.17) is 5.73 Å². The molecule has 0 amide bonds. The van der Waals surface area contributed by atoms with Crippen molar-refractivity contribution in [2.45, 2.75) is 26.4 Å². The Balaban J connectivity index is 2.64. The molecule has 1 aromatic carbocycles. The lowest BCUT2D eigenvalue weighted by Gasteiger charge is -2.26. The van der Waals surface area contributed by atoms with Gasteiger partial charge in [-0.05, 0) is 31.7 Å². The van der Waals surface area contributed by atoms with Gasteiger partial charge >= 0.3 is 0 Å². The summed E-state index contributed by atoms with van der Waals surface area (Å²) in [5.74, 6) is 1.17. The van der Waals surface area contributed by atoms with E-state index in [0.29, 0.717) is 6.04 Å². The van der Waals surface area contributed by atoms with E-state index in [9.17, 15) is 0 Å². The van der Waals surface area contributed by atoms with Gasteiger partial charge in [0, 0.05) is 30.6 Å². The van der Waals surface area contributed by atoms with Gasteiger partial charge in [-0.15, -0.1) is 0 Å². The fourth-order valence-electron chi connectivity index (χ4n) is 1.63. The Morgan fingerprint density at radius 2 is 2.00 bits per heavy atom. The van der Waals surface area contributed by atoms with Gasteiger partial charge in [-0.25, -0.2) is 0 Å². The lowest BCUT2D eigenvalue weighted by atomic mass is 10.1. The lowest BCUT2D eigenvalue weighted by molar-refractivity contribution is 0.227. The molecule has 0 aliphatic rings. The van der Waals surface area contributed by atoms with Gasteiger partial charge in [-0.2, -0.15) is 11.8 Å². The fourth-order valence-corrected chi connectivity index (χ4v) is 2.04. The van der Waals surface area contributed by atoms with E-state index in [2.05, 4.69) is 37.1 Å². The quantitative estimate of drug-likeness (QED) is 0.773. The third-order valence-corrected chi connectivity index (χ3v) is 3.33. The summed E-state index contributed by atoms with van der Waals surface area (Å²) in [6.07, 6.45) is 2.15. The number of nitrogen functional groups attached to an aromatic ring is 1. The molecule has 0 spiro atoms. The predicted molar refractivity (Wildman–Crippen MR) is 74.8 cm³/mol. The summed E-state index contributed by atoms with van der Waals surface area (Å²) >= 11 is 1.89. The van der Waals surface area contributed by atoms with Gasteiger partial charge in [0.2, 0.25) is 0 Å². The third-order valence-electron chi connectivity index (χ3n) is 2.74. The molecule has 2 nitrogen and oxygen atoms in total. The molecule has 90 valence electrons. The summed E-state index contributed by atoms with van der Waals surface area (Å²) in [5, 5.41) is 0.